The minimum Gasteiger partial charge on any atom is -0.506 e. The number of phenolic OH excluding ortho intramolecular Hbond substituents is 4. The maximum atomic E-state index is 13.7. The molecular weight excluding hydrogens is 725 g/mol. The van der Waals surface area contributed by atoms with E-state index in [1.807, 2.05) is 0 Å². The third-order valence-corrected chi connectivity index (χ3v) is 9.04. The van der Waals surface area contributed by atoms with Crippen LogP contribution in [0.25, 0.3) is 0 Å². The van der Waals surface area contributed by atoms with E-state index in [0.29, 0.717) is 11.1 Å². The summed E-state index contributed by atoms with van der Waals surface area (Å²) in [6, 6.07) is 27.9. The smallest absolute Gasteiger partial charge is 0.255 e. The summed E-state index contributed by atoms with van der Waals surface area (Å²) in [7, 11) is 0. The Hall–Kier alpha value is -7.60. The summed E-state index contributed by atoms with van der Waals surface area (Å²) in [6.45, 7) is 7.20. The molecule has 0 aliphatic rings. The zero-order chi connectivity index (χ0) is 41.0. The first-order valence-electron chi connectivity index (χ1n) is 17.8. The topological polar surface area (TPSA) is 197 Å². The van der Waals surface area contributed by atoms with Crippen LogP contribution in [-0.2, 0) is 6.42 Å². The lowest BCUT2D eigenvalue weighted by Gasteiger charge is -2.15. The van der Waals surface area contributed by atoms with E-state index in [9.17, 15) is 39.6 Å². The predicted molar refractivity (Wildman–Crippen MR) is 219 cm³/mol. The van der Waals surface area contributed by atoms with Crippen LogP contribution < -0.4 is 21.3 Å². The van der Waals surface area contributed by atoms with Crippen LogP contribution in [0.4, 0.5) is 22.7 Å². The van der Waals surface area contributed by atoms with Crippen LogP contribution in [0.3, 0.4) is 0 Å². The molecule has 0 heterocycles. The van der Waals surface area contributed by atoms with Gasteiger partial charge >= 0.3 is 0 Å². The second kappa shape index (κ2) is 16.4. The fraction of sp³-hybridized carbons (Fsp3) is 0.111. The van der Waals surface area contributed by atoms with Gasteiger partial charge in [-0.05, 0) is 152 Å². The SMILES string of the molecule is Cc1ccc(O)c(NC(=O)c2cc(Cc3cc(C(=O)Nc4cc(C)ccc4O)cc(C(=O)Nc4cc(C)ccc4O)c3)cc(C(=O)Nc3cc(C)ccc3O)c2)c1. The number of aryl methyl sites for hydroxylation is 4. The predicted octanol–water partition coefficient (Wildman–Crippen LogP) is 8.34. The number of phenols is 4. The monoisotopic (exact) mass is 764 g/mol. The van der Waals surface area contributed by atoms with Gasteiger partial charge in [0.05, 0.1) is 22.7 Å². The Morgan fingerprint density at radius 1 is 0.368 bits per heavy atom. The molecule has 4 amide bonds. The van der Waals surface area contributed by atoms with Gasteiger partial charge in [0.2, 0.25) is 0 Å². The molecule has 6 aromatic carbocycles. The molecule has 0 saturated carbocycles. The maximum Gasteiger partial charge on any atom is 0.255 e. The summed E-state index contributed by atoms with van der Waals surface area (Å²) in [4.78, 5) is 54.8. The Labute approximate surface area is 328 Å². The van der Waals surface area contributed by atoms with E-state index < -0.39 is 23.6 Å². The van der Waals surface area contributed by atoms with Crippen LogP contribution in [0.15, 0.2) is 109 Å². The molecule has 0 aliphatic carbocycles. The first kappa shape index (κ1) is 39.1. The van der Waals surface area contributed by atoms with Crippen molar-refractivity contribution in [1.29, 1.82) is 0 Å². The lowest BCUT2D eigenvalue weighted by Crippen LogP contribution is -2.18. The number of hydrogen-bond acceptors (Lipinski definition) is 8. The van der Waals surface area contributed by atoms with Gasteiger partial charge in [0.15, 0.2) is 0 Å². The van der Waals surface area contributed by atoms with Gasteiger partial charge in [-0.2, -0.15) is 0 Å². The van der Waals surface area contributed by atoms with Crippen LogP contribution in [0.1, 0.15) is 74.8 Å². The van der Waals surface area contributed by atoms with Crippen LogP contribution in [-0.4, -0.2) is 44.1 Å². The molecule has 0 aromatic heterocycles. The highest BCUT2D eigenvalue weighted by Gasteiger charge is 2.20. The number of hydrogen-bond donors (Lipinski definition) is 8. The van der Waals surface area contributed by atoms with E-state index in [2.05, 4.69) is 21.3 Å². The lowest BCUT2D eigenvalue weighted by atomic mass is 9.96. The summed E-state index contributed by atoms with van der Waals surface area (Å²) < 4.78 is 0. The molecule has 6 rings (SSSR count). The molecule has 8 N–H and O–H groups in total. The normalized spacial score (nSPS) is 10.7. The van der Waals surface area contributed by atoms with E-state index in [0.717, 1.165) is 22.3 Å². The zero-order valence-corrected chi connectivity index (χ0v) is 31.5. The number of carbonyl (C=O) groups excluding carboxylic acids is 4. The molecule has 0 bridgehead atoms. The van der Waals surface area contributed by atoms with Gasteiger partial charge in [0.25, 0.3) is 23.6 Å². The number of carbonyl (C=O) groups is 4. The Kier molecular flexibility index (Phi) is 11.3. The van der Waals surface area contributed by atoms with Crippen LogP contribution in [0.5, 0.6) is 23.0 Å². The molecule has 0 spiro atoms. The van der Waals surface area contributed by atoms with Crippen molar-refractivity contribution in [1.82, 2.24) is 0 Å². The first-order valence-corrected chi connectivity index (χ1v) is 17.8. The largest absolute Gasteiger partial charge is 0.506 e. The first-order chi connectivity index (χ1) is 27.1. The minimum atomic E-state index is -0.630. The lowest BCUT2D eigenvalue weighted by molar-refractivity contribution is 0.101. The number of aromatic hydroxyl groups is 4. The number of benzene rings is 6. The highest BCUT2D eigenvalue weighted by atomic mass is 16.3. The molecule has 6 aromatic rings. The average Bonchev–Trinajstić information content (AvgIpc) is 3.17. The van der Waals surface area contributed by atoms with E-state index in [-0.39, 0.29) is 74.4 Å². The number of anilines is 4. The van der Waals surface area contributed by atoms with Gasteiger partial charge in [0.1, 0.15) is 23.0 Å². The molecule has 12 heteroatoms. The van der Waals surface area contributed by atoms with E-state index in [4.69, 9.17) is 0 Å². The fourth-order valence-corrected chi connectivity index (χ4v) is 6.13. The molecule has 0 saturated heterocycles. The molecule has 0 radical (unpaired) electrons. The number of rotatable bonds is 10. The standard InChI is InChI=1S/C45H40N4O8/c1-24-5-9-38(50)34(13-24)46-42(54)30-18-28(19-31(22-30)43(55)47-35-14-25(2)6-10-39(35)51)17-29-20-32(44(56)48-36-15-26(3)7-11-40(36)52)23-33(21-29)45(57)49-37-16-27(4)8-12-41(37)53/h5-16,18-23,50-53H,17H2,1-4H3,(H,46,54)(H,47,55)(H,48,56)(H,49,57). The number of amides is 4. The van der Waals surface area contributed by atoms with Gasteiger partial charge in [-0.1, -0.05) is 24.3 Å². The van der Waals surface area contributed by atoms with E-state index in [1.54, 1.807) is 100 Å². The summed E-state index contributed by atoms with van der Waals surface area (Å²) in [5.41, 5.74) is 4.90. The molecule has 0 fully saturated rings. The molecule has 288 valence electrons. The molecule has 12 nitrogen and oxygen atoms in total. The van der Waals surface area contributed by atoms with E-state index >= 15 is 0 Å². The van der Waals surface area contributed by atoms with Gasteiger partial charge in [-0.25, -0.2) is 0 Å². The Balaban J connectivity index is 1.41. The number of nitrogens with one attached hydrogen (secondary N) is 4. The van der Waals surface area contributed by atoms with Crippen molar-refractivity contribution in [2.45, 2.75) is 34.1 Å². The molecule has 0 atom stereocenters. The highest BCUT2D eigenvalue weighted by molar-refractivity contribution is 6.11. The van der Waals surface area contributed by atoms with Crippen LogP contribution in [0, 0.1) is 27.7 Å². The summed E-state index contributed by atoms with van der Waals surface area (Å²) in [5, 5.41) is 52.5. The third kappa shape index (κ3) is 9.56. The zero-order valence-electron chi connectivity index (χ0n) is 31.5. The van der Waals surface area contributed by atoms with Crippen molar-refractivity contribution < 1.29 is 39.6 Å². The quantitative estimate of drug-likeness (QED) is 0.0637. The fourth-order valence-electron chi connectivity index (χ4n) is 6.13. The van der Waals surface area contributed by atoms with Crippen LogP contribution in [0.2, 0.25) is 0 Å². The van der Waals surface area contributed by atoms with Gasteiger partial charge in [0, 0.05) is 22.3 Å². The van der Waals surface area contributed by atoms with Crippen molar-refractivity contribution in [3.8, 4) is 23.0 Å². The Morgan fingerprint density at radius 3 is 0.825 bits per heavy atom. The van der Waals surface area contributed by atoms with Crippen LogP contribution >= 0.6 is 0 Å². The molecular formula is C45H40N4O8. The van der Waals surface area contributed by atoms with Gasteiger partial charge < -0.3 is 41.7 Å². The Bertz CT molecular complexity index is 2240. The van der Waals surface area contributed by atoms with Crippen molar-refractivity contribution >= 4 is 46.4 Å². The second-order valence-electron chi connectivity index (χ2n) is 13.9. The third-order valence-electron chi connectivity index (χ3n) is 9.04. The highest BCUT2D eigenvalue weighted by Crippen LogP contribution is 2.30. The van der Waals surface area contributed by atoms with Crippen molar-refractivity contribution in [3.05, 3.63) is 165 Å². The van der Waals surface area contributed by atoms with Gasteiger partial charge in [-0.15, -0.1) is 0 Å². The van der Waals surface area contributed by atoms with Gasteiger partial charge in [-0.3, -0.25) is 19.2 Å². The Morgan fingerprint density at radius 2 is 0.596 bits per heavy atom. The molecule has 0 aliphatic heterocycles. The van der Waals surface area contributed by atoms with Crippen molar-refractivity contribution in [3.63, 3.8) is 0 Å². The summed E-state index contributed by atoms with van der Waals surface area (Å²) >= 11 is 0. The maximum absolute atomic E-state index is 13.7. The van der Waals surface area contributed by atoms with E-state index in [1.165, 1.54) is 36.4 Å². The second-order valence-corrected chi connectivity index (χ2v) is 13.9. The minimum absolute atomic E-state index is 0.0135. The molecule has 0 unspecified atom stereocenters. The molecule has 57 heavy (non-hydrogen) atoms. The van der Waals surface area contributed by atoms with Crippen molar-refractivity contribution in [2.75, 3.05) is 21.3 Å². The summed E-state index contributed by atoms with van der Waals surface area (Å²) in [6.07, 6.45) is 0.0135. The van der Waals surface area contributed by atoms with Crippen molar-refractivity contribution in [2.24, 2.45) is 0 Å². The average molecular weight is 765 g/mol. The summed E-state index contributed by atoms with van der Waals surface area (Å²) in [5.74, 6) is -3.14.